The first-order valence-corrected chi connectivity index (χ1v) is 8.18. The molecule has 7 heteroatoms. The standard InChI is InChI=1S/C19H19NO6/c1-24-18(22)11-8-6-10(7-9-11)14-15-12(21)4-3-5-13(15)26-17(20)16(14)19(23)25-2/h6-9,14H,3-5,20H2,1-2H3/t14-/m1/s1. The summed E-state index contributed by atoms with van der Waals surface area (Å²) in [5.74, 6) is -1.47. The van der Waals surface area contributed by atoms with Gasteiger partial charge in [-0.3, -0.25) is 4.79 Å². The molecular weight excluding hydrogens is 338 g/mol. The van der Waals surface area contributed by atoms with Crippen molar-refractivity contribution in [2.75, 3.05) is 14.2 Å². The fourth-order valence-electron chi connectivity index (χ4n) is 3.33. The normalized spacial score (nSPS) is 19.6. The lowest BCUT2D eigenvalue weighted by Gasteiger charge is -2.32. The van der Waals surface area contributed by atoms with E-state index in [1.54, 1.807) is 24.3 Å². The van der Waals surface area contributed by atoms with Crippen LogP contribution in [-0.2, 0) is 23.8 Å². The molecule has 0 fully saturated rings. The molecule has 1 heterocycles. The zero-order valence-corrected chi connectivity index (χ0v) is 14.5. The van der Waals surface area contributed by atoms with Crippen LogP contribution in [0.25, 0.3) is 0 Å². The molecule has 0 aromatic heterocycles. The molecule has 0 radical (unpaired) electrons. The van der Waals surface area contributed by atoms with Crippen LogP contribution in [0.5, 0.6) is 0 Å². The van der Waals surface area contributed by atoms with Gasteiger partial charge in [-0.1, -0.05) is 12.1 Å². The number of carbonyl (C=O) groups excluding carboxylic acids is 3. The van der Waals surface area contributed by atoms with Crippen LogP contribution in [0.1, 0.15) is 41.1 Å². The minimum Gasteiger partial charge on any atom is -0.465 e. The highest BCUT2D eigenvalue weighted by Gasteiger charge is 2.41. The van der Waals surface area contributed by atoms with Gasteiger partial charge in [0.15, 0.2) is 5.78 Å². The molecule has 0 unspecified atom stereocenters. The van der Waals surface area contributed by atoms with Crippen LogP contribution >= 0.6 is 0 Å². The number of ether oxygens (including phenoxy) is 3. The van der Waals surface area contributed by atoms with E-state index in [4.69, 9.17) is 19.9 Å². The van der Waals surface area contributed by atoms with Crippen molar-refractivity contribution in [3.8, 4) is 0 Å². The SMILES string of the molecule is COC(=O)C1=C(N)OC2=C(C(=O)CCC2)[C@H]1c1ccc(C(=O)OC)cc1. The van der Waals surface area contributed by atoms with E-state index in [9.17, 15) is 14.4 Å². The lowest BCUT2D eigenvalue weighted by Crippen LogP contribution is -2.31. The average molecular weight is 357 g/mol. The monoisotopic (exact) mass is 357 g/mol. The molecule has 0 amide bonds. The number of hydrogen-bond acceptors (Lipinski definition) is 7. The van der Waals surface area contributed by atoms with Crippen molar-refractivity contribution in [2.24, 2.45) is 5.73 Å². The zero-order valence-electron chi connectivity index (χ0n) is 14.5. The summed E-state index contributed by atoms with van der Waals surface area (Å²) in [6.45, 7) is 0. The number of hydrogen-bond donors (Lipinski definition) is 1. The molecule has 2 N–H and O–H groups in total. The van der Waals surface area contributed by atoms with E-state index >= 15 is 0 Å². The Labute approximate surface area is 150 Å². The van der Waals surface area contributed by atoms with E-state index in [1.807, 2.05) is 0 Å². The zero-order chi connectivity index (χ0) is 18.8. The van der Waals surface area contributed by atoms with Gasteiger partial charge >= 0.3 is 11.9 Å². The van der Waals surface area contributed by atoms with E-state index in [0.29, 0.717) is 41.7 Å². The molecular formula is C19H19NO6. The fraction of sp³-hybridized carbons (Fsp3) is 0.316. The topological polar surface area (TPSA) is 105 Å². The summed E-state index contributed by atoms with van der Waals surface area (Å²) in [5, 5.41) is 0. The highest BCUT2D eigenvalue weighted by atomic mass is 16.5. The Morgan fingerprint density at radius 1 is 1.08 bits per heavy atom. The van der Waals surface area contributed by atoms with Crippen molar-refractivity contribution >= 4 is 17.7 Å². The van der Waals surface area contributed by atoms with Gasteiger partial charge in [-0.2, -0.15) is 0 Å². The number of ketones is 1. The van der Waals surface area contributed by atoms with Crippen LogP contribution in [0.4, 0.5) is 0 Å². The molecule has 26 heavy (non-hydrogen) atoms. The summed E-state index contributed by atoms with van der Waals surface area (Å²) >= 11 is 0. The van der Waals surface area contributed by atoms with Crippen LogP contribution < -0.4 is 5.73 Å². The Morgan fingerprint density at radius 3 is 2.35 bits per heavy atom. The van der Waals surface area contributed by atoms with Crippen molar-refractivity contribution in [1.82, 2.24) is 0 Å². The van der Waals surface area contributed by atoms with E-state index in [-0.39, 0.29) is 17.2 Å². The molecule has 3 rings (SSSR count). The molecule has 1 aromatic carbocycles. The summed E-state index contributed by atoms with van der Waals surface area (Å²) in [7, 11) is 2.54. The van der Waals surface area contributed by atoms with Gasteiger partial charge < -0.3 is 19.9 Å². The number of methoxy groups -OCH3 is 2. The van der Waals surface area contributed by atoms with E-state index < -0.39 is 17.9 Å². The van der Waals surface area contributed by atoms with Gasteiger partial charge in [-0.15, -0.1) is 0 Å². The predicted octanol–water partition coefficient (Wildman–Crippen LogP) is 1.94. The Kier molecular flexibility index (Phi) is 4.79. The second-order valence-corrected chi connectivity index (χ2v) is 6.03. The molecule has 136 valence electrons. The summed E-state index contributed by atoms with van der Waals surface area (Å²) in [5.41, 5.74) is 7.50. The van der Waals surface area contributed by atoms with Crippen LogP contribution in [-0.4, -0.2) is 31.9 Å². The molecule has 1 atom stereocenters. The number of Topliss-reactive ketones (excluding diaryl/α,β-unsaturated/α-hetero) is 1. The predicted molar refractivity (Wildman–Crippen MR) is 90.7 cm³/mol. The summed E-state index contributed by atoms with van der Waals surface area (Å²) in [6, 6.07) is 6.50. The Hall–Kier alpha value is -3.09. The van der Waals surface area contributed by atoms with Gasteiger partial charge in [0.1, 0.15) is 11.3 Å². The molecule has 1 aliphatic heterocycles. The van der Waals surface area contributed by atoms with Crippen LogP contribution in [0.15, 0.2) is 47.1 Å². The number of carbonyl (C=O) groups is 3. The number of esters is 2. The smallest absolute Gasteiger partial charge is 0.340 e. The van der Waals surface area contributed by atoms with Gasteiger partial charge in [-0.05, 0) is 24.1 Å². The Morgan fingerprint density at radius 2 is 1.73 bits per heavy atom. The molecule has 7 nitrogen and oxygen atoms in total. The first kappa shape index (κ1) is 17.7. The van der Waals surface area contributed by atoms with Crippen LogP contribution in [0, 0.1) is 0 Å². The van der Waals surface area contributed by atoms with Gasteiger partial charge in [0.25, 0.3) is 0 Å². The van der Waals surface area contributed by atoms with Gasteiger partial charge in [0, 0.05) is 18.4 Å². The van der Waals surface area contributed by atoms with Crippen molar-refractivity contribution in [3.63, 3.8) is 0 Å². The third-order valence-electron chi connectivity index (χ3n) is 4.55. The highest BCUT2D eigenvalue weighted by Crippen LogP contribution is 2.43. The first-order chi connectivity index (χ1) is 12.5. The number of nitrogens with two attached hydrogens (primary N) is 1. The van der Waals surface area contributed by atoms with Crippen molar-refractivity contribution < 1.29 is 28.6 Å². The number of benzene rings is 1. The van der Waals surface area contributed by atoms with Crippen LogP contribution in [0.3, 0.4) is 0 Å². The summed E-state index contributed by atoms with van der Waals surface area (Å²) in [4.78, 5) is 36.5. The summed E-state index contributed by atoms with van der Waals surface area (Å²) in [6.07, 6.45) is 1.63. The van der Waals surface area contributed by atoms with Gasteiger partial charge in [0.05, 0.1) is 25.7 Å². The van der Waals surface area contributed by atoms with Crippen molar-refractivity contribution in [1.29, 1.82) is 0 Å². The molecule has 1 aromatic rings. The molecule has 0 saturated heterocycles. The molecule has 2 aliphatic rings. The summed E-state index contributed by atoms with van der Waals surface area (Å²) < 4.78 is 15.1. The molecule has 0 saturated carbocycles. The quantitative estimate of drug-likeness (QED) is 0.824. The van der Waals surface area contributed by atoms with Crippen LogP contribution in [0.2, 0.25) is 0 Å². The number of allylic oxidation sites excluding steroid dienone is 2. The maximum Gasteiger partial charge on any atom is 0.340 e. The minimum absolute atomic E-state index is 0.0626. The van der Waals surface area contributed by atoms with Gasteiger partial charge in [-0.25, -0.2) is 9.59 Å². The first-order valence-electron chi connectivity index (χ1n) is 8.18. The van der Waals surface area contributed by atoms with E-state index in [2.05, 4.69) is 0 Å². The Balaban J connectivity index is 2.12. The Bertz CT molecular complexity index is 834. The average Bonchev–Trinajstić information content (AvgIpc) is 2.66. The molecule has 0 bridgehead atoms. The third-order valence-corrected chi connectivity index (χ3v) is 4.55. The maximum atomic E-state index is 12.6. The largest absolute Gasteiger partial charge is 0.465 e. The molecule has 0 spiro atoms. The second-order valence-electron chi connectivity index (χ2n) is 6.03. The highest BCUT2D eigenvalue weighted by molar-refractivity contribution is 6.03. The van der Waals surface area contributed by atoms with Gasteiger partial charge in [0.2, 0.25) is 5.88 Å². The van der Waals surface area contributed by atoms with Crippen molar-refractivity contribution in [2.45, 2.75) is 25.2 Å². The fourth-order valence-corrected chi connectivity index (χ4v) is 3.33. The second kappa shape index (κ2) is 7.03. The van der Waals surface area contributed by atoms with Crippen molar-refractivity contribution in [3.05, 3.63) is 58.2 Å². The maximum absolute atomic E-state index is 12.6. The number of rotatable bonds is 3. The minimum atomic E-state index is -0.689. The lowest BCUT2D eigenvalue weighted by molar-refractivity contribution is -0.136. The van der Waals surface area contributed by atoms with E-state index in [1.165, 1.54) is 14.2 Å². The third kappa shape index (κ3) is 2.96. The lowest BCUT2D eigenvalue weighted by atomic mass is 9.77. The molecule has 1 aliphatic carbocycles. The van der Waals surface area contributed by atoms with E-state index in [0.717, 1.165) is 0 Å².